The van der Waals surface area contributed by atoms with E-state index in [-0.39, 0.29) is 5.63 Å². The number of ether oxygens (including phenoxy) is 1. The van der Waals surface area contributed by atoms with Gasteiger partial charge in [-0.2, -0.15) is 0 Å². The number of hydrogen-bond donors (Lipinski definition) is 0. The van der Waals surface area contributed by atoms with Gasteiger partial charge >= 0.3 is 11.6 Å². The maximum absolute atomic E-state index is 12.1. The van der Waals surface area contributed by atoms with Crippen LogP contribution in [0.15, 0.2) is 57.7 Å². The summed E-state index contributed by atoms with van der Waals surface area (Å²) in [5.74, 6) is -0.0686. The lowest BCUT2D eigenvalue weighted by Crippen LogP contribution is -2.09. The van der Waals surface area contributed by atoms with Gasteiger partial charge < -0.3 is 9.15 Å². The van der Waals surface area contributed by atoms with Gasteiger partial charge in [0.05, 0.1) is 5.56 Å². The topological polar surface area (TPSA) is 56.5 Å². The molecule has 0 unspecified atom stereocenters. The van der Waals surface area contributed by atoms with E-state index in [2.05, 4.69) is 0 Å². The Kier molecular flexibility index (Phi) is 3.23. The van der Waals surface area contributed by atoms with Crippen LogP contribution in [0.5, 0.6) is 5.75 Å². The molecule has 0 spiro atoms. The van der Waals surface area contributed by atoms with E-state index in [1.165, 1.54) is 0 Å². The predicted molar refractivity (Wildman–Crippen MR) is 85.9 cm³/mol. The fourth-order valence-electron chi connectivity index (χ4n) is 3.07. The van der Waals surface area contributed by atoms with E-state index in [4.69, 9.17) is 9.15 Å². The number of esters is 1. The third-order valence-electron chi connectivity index (χ3n) is 4.17. The van der Waals surface area contributed by atoms with Gasteiger partial charge in [-0.25, -0.2) is 9.59 Å². The van der Waals surface area contributed by atoms with Crippen LogP contribution in [0.3, 0.4) is 0 Å². The summed E-state index contributed by atoms with van der Waals surface area (Å²) in [7, 11) is 0. The lowest BCUT2D eigenvalue weighted by molar-refractivity contribution is 0.0735. The van der Waals surface area contributed by atoms with E-state index >= 15 is 0 Å². The molecule has 0 atom stereocenters. The van der Waals surface area contributed by atoms with Gasteiger partial charge in [0.25, 0.3) is 0 Å². The molecule has 1 heterocycles. The Hall–Kier alpha value is -2.88. The molecule has 2 aromatic carbocycles. The summed E-state index contributed by atoms with van der Waals surface area (Å²) in [6, 6.07) is 14.0. The van der Waals surface area contributed by atoms with E-state index in [1.807, 2.05) is 12.1 Å². The zero-order valence-corrected chi connectivity index (χ0v) is 12.4. The van der Waals surface area contributed by atoms with Crippen LogP contribution in [0, 0.1) is 0 Å². The molecule has 1 aliphatic carbocycles. The van der Waals surface area contributed by atoms with Crippen molar-refractivity contribution in [2.24, 2.45) is 0 Å². The molecule has 23 heavy (non-hydrogen) atoms. The van der Waals surface area contributed by atoms with Crippen molar-refractivity contribution in [3.8, 4) is 5.75 Å². The molecule has 1 aliphatic rings. The third-order valence-corrected chi connectivity index (χ3v) is 4.17. The van der Waals surface area contributed by atoms with Gasteiger partial charge in [-0.1, -0.05) is 18.2 Å². The fraction of sp³-hybridized carbons (Fsp3) is 0.158. The average Bonchev–Trinajstić information content (AvgIpc) is 3.06. The van der Waals surface area contributed by atoms with E-state index in [0.29, 0.717) is 16.9 Å². The first-order valence-electron chi connectivity index (χ1n) is 7.58. The Morgan fingerprint density at radius 3 is 2.61 bits per heavy atom. The molecule has 0 amide bonds. The van der Waals surface area contributed by atoms with Crippen molar-refractivity contribution < 1.29 is 13.9 Å². The maximum atomic E-state index is 12.1. The molecule has 0 bridgehead atoms. The third kappa shape index (κ3) is 2.42. The lowest BCUT2D eigenvalue weighted by atomic mass is 10.1. The molecule has 0 N–H and O–H groups in total. The Labute approximate surface area is 132 Å². The highest BCUT2D eigenvalue weighted by atomic mass is 16.5. The van der Waals surface area contributed by atoms with Gasteiger partial charge in [0.2, 0.25) is 0 Å². The summed E-state index contributed by atoms with van der Waals surface area (Å²) in [6.45, 7) is 0. The highest BCUT2D eigenvalue weighted by molar-refractivity contribution is 5.91. The van der Waals surface area contributed by atoms with Crippen LogP contribution in [0.1, 0.15) is 27.9 Å². The number of carbonyl (C=O) groups is 1. The van der Waals surface area contributed by atoms with Gasteiger partial charge in [-0.3, -0.25) is 0 Å². The number of benzene rings is 2. The molecule has 0 aliphatic heterocycles. The molecule has 114 valence electrons. The van der Waals surface area contributed by atoms with Crippen LogP contribution in [0.4, 0.5) is 0 Å². The van der Waals surface area contributed by atoms with Gasteiger partial charge in [0.1, 0.15) is 11.3 Å². The van der Waals surface area contributed by atoms with Crippen LogP contribution >= 0.6 is 0 Å². The fourth-order valence-corrected chi connectivity index (χ4v) is 3.07. The van der Waals surface area contributed by atoms with E-state index in [0.717, 1.165) is 35.8 Å². The molecule has 4 nitrogen and oxygen atoms in total. The molecule has 3 aromatic rings. The Bertz CT molecular complexity index is 954. The van der Waals surface area contributed by atoms with Crippen molar-refractivity contribution in [2.45, 2.75) is 19.3 Å². The zero-order chi connectivity index (χ0) is 15.8. The molecular formula is C19H14O4. The minimum absolute atomic E-state index is 0.281. The first kappa shape index (κ1) is 13.8. The van der Waals surface area contributed by atoms with Crippen LogP contribution < -0.4 is 10.4 Å². The summed E-state index contributed by atoms with van der Waals surface area (Å²) in [4.78, 5) is 24.1. The SMILES string of the molecule is O=C(Oc1ccc2c3c(c(=O)oc2c1)CCC3)c1ccccc1. The number of hydrogen-bond acceptors (Lipinski definition) is 4. The van der Waals surface area contributed by atoms with Crippen molar-refractivity contribution in [3.05, 3.63) is 75.6 Å². The van der Waals surface area contributed by atoms with Gasteiger partial charge in [0, 0.05) is 17.0 Å². The van der Waals surface area contributed by atoms with E-state index in [9.17, 15) is 9.59 Å². The predicted octanol–water partition coefficient (Wildman–Crippen LogP) is 3.50. The first-order chi connectivity index (χ1) is 11.2. The van der Waals surface area contributed by atoms with Crippen molar-refractivity contribution in [1.82, 2.24) is 0 Å². The monoisotopic (exact) mass is 306 g/mol. The first-order valence-corrected chi connectivity index (χ1v) is 7.58. The van der Waals surface area contributed by atoms with Crippen molar-refractivity contribution in [1.29, 1.82) is 0 Å². The van der Waals surface area contributed by atoms with Gasteiger partial charge in [-0.05, 0) is 49.1 Å². The Balaban J connectivity index is 1.71. The summed E-state index contributed by atoms with van der Waals surface area (Å²) in [5, 5.41) is 0.927. The molecule has 0 radical (unpaired) electrons. The van der Waals surface area contributed by atoms with Crippen LogP contribution in [-0.4, -0.2) is 5.97 Å². The molecular weight excluding hydrogens is 292 g/mol. The van der Waals surface area contributed by atoms with E-state index in [1.54, 1.807) is 36.4 Å². The number of fused-ring (bicyclic) bond motifs is 3. The summed E-state index contributed by atoms with van der Waals surface area (Å²) >= 11 is 0. The smallest absolute Gasteiger partial charge is 0.343 e. The largest absolute Gasteiger partial charge is 0.423 e. The molecule has 0 saturated carbocycles. The average molecular weight is 306 g/mol. The number of aryl methyl sites for hydroxylation is 1. The number of rotatable bonds is 2. The summed E-state index contributed by atoms with van der Waals surface area (Å²) in [5.41, 5.74) is 2.51. The second-order valence-electron chi connectivity index (χ2n) is 5.61. The molecule has 1 aromatic heterocycles. The van der Waals surface area contributed by atoms with Crippen LogP contribution in [0.2, 0.25) is 0 Å². The van der Waals surface area contributed by atoms with E-state index < -0.39 is 5.97 Å². The van der Waals surface area contributed by atoms with Crippen LogP contribution in [-0.2, 0) is 12.8 Å². The van der Waals surface area contributed by atoms with Crippen molar-refractivity contribution >= 4 is 16.9 Å². The van der Waals surface area contributed by atoms with Gasteiger partial charge in [0.15, 0.2) is 0 Å². The summed E-state index contributed by atoms with van der Waals surface area (Å²) < 4.78 is 10.8. The standard InChI is InChI=1S/C19H14O4/c20-18(12-5-2-1-3-6-12)22-13-9-10-15-14-7-4-8-16(14)19(21)23-17(15)11-13/h1-3,5-6,9-11H,4,7-8H2. The molecule has 0 fully saturated rings. The minimum atomic E-state index is -0.437. The Morgan fingerprint density at radius 2 is 1.78 bits per heavy atom. The summed E-state index contributed by atoms with van der Waals surface area (Å²) in [6.07, 6.45) is 2.64. The number of carbonyl (C=O) groups excluding carboxylic acids is 1. The van der Waals surface area contributed by atoms with Gasteiger partial charge in [-0.15, -0.1) is 0 Å². The Morgan fingerprint density at radius 1 is 1.00 bits per heavy atom. The van der Waals surface area contributed by atoms with Crippen molar-refractivity contribution in [3.63, 3.8) is 0 Å². The minimum Gasteiger partial charge on any atom is -0.423 e. The second kappa shape index (κ2) is 5.39. The molecule has 0 saturated heterocycles. The lowest BCUT2D eigenvalue weighted by Gasteiger charge is -2.07. The second-order valence-corrected chi connectivity index (χ2v) is 5.61. The molecule has 4 rings (SSSR count). The zero-order valence-electron chi connectivity index (χ0n) is 12.4. The normalized spacial score (nSPS) is 13.0. The molecule has 4 heteroatoms. The highest BCUT2D eigenvalue weighted by Gasteiger charge is 2.20. The quantitative estimate of drug-likeness (QED) is 0.413. The maximum Gasteiger partial charge on any atom is 0.343 e. The highest BCUT2D eigenvalue weighted by Crippen LogP contribution is 2.29. The van der Waals surface area contributed by atoms with Crippen LogP contribution in [0.25, 0.3) is 11.0 Å². The van der Waals surface area contributed by atoms with Crippen molar-refractivity contribution in [2.75, 3.05) is 0 Å².